The van der Waals surface area contributed by atoms with Crippen molar-refractivity contribution in [1.29, 1.82) is 0 Å². The first-order chi connectivity index (χ1) is 11.1. The zero-order chi connectivity index (χ0) is 18.0. The predicted molar refractivity (Wildman–Crippen MR) is 93.1 cm³/mol. The number of amides is 2. The van der Waals surface area contributed by atoms with Crippen LogP contribution in [0, 0.1) is 0 Å². The van der Waals surface area contributed by atoms with E-state index >= 15 is 0 Å². The maximum Gasteiger partial charge on any atom is 0.317 e. The molecule has 0 atom stereocenters. The number of hydrogen-bond donors (Lipinski definition) is 1. The molecule has 6 nitrogen and oxygen atoms in total. The van der Waals surface area contributed by atoms with Crippen molar-refractivity contribution in [3.05, 3.63) is 24.3 Å². The summed E-state index contributed by atoms with van der Waals surface area (Å²) in [5, 5.41) is 2.95. The number of hydrogen-bond acceptors (Lipinski definition) is 4. The molecule has 134 valence electrons. The van der Waals surface area contributed by atoms with E-state index in [0.29, 0.717) is 31.7 Å². The topological polar surface area (TPSA) is 75.7 Å². The number of urea groups is 1. The zero-order valence-electron chi connectivity index (χ0n) is 14.7. The Morgan fingerprint density at radius 1 is 1.21 bits per heavy atom. The number of benzene rings is 1. The summed E-state index contributed by atoms with van der Waals surface area (Å²) in [5.41, 5.74) is -0.265. The van der Waals surface area contributed by atoms with Crippen molar-refractivity contribution in [2.24, 2.45) is 0 Å². The van der Waals surface area contributed by atoms with Crippen LogP contribution >= 0.6 is 0 Å². The smallest absolute Gasteiger partial charge is 0.317 e. The van der Waals surface area contributed by atoms with Crippen molar-refractivity contribution >= 4 is 15.9 Å². The monoisotopic (exact) mass is 354 g/mol. The van der Waals surface area contributed by atoms with Gasteiger partial charge in [-0.1, -0.05) is 12.1 Å². The lowest BCUT2D eigenvalue weighted by Crippen LogP contribution is -2.51. The van der Waals surface area contributed by atoms with Crippen LogP contribution in [0.1, 0.15) is 33.6 Å². The Labute approximate surface area is 144 Å². The molecule has 1 aromatic rings. The zero-order valence-corrected chi connectivity index (χ0v) is 15.5. The van der Waals surface area contributed by atoms with Crippen LogP contribution in [-0.2, 0) is 9.84 Å². The predicted octanol–water partition coefficient (Wildman–Crippen LogP) is 2.44. The molecule has 24 heavy (non-hydrogen) atoms. The number of nitrogens with zero attached hydrogens (tertiary/aromatic N) is 1. The number of carbonyl (C=O) groups is 1. The molecule has 1 aliphatic rings. The summed E-state index contributed by atoms with van der Waals surface area (Å²) in [6.07, 6.45) is 2.44. The van der Waals surface area contributed by atoms with Gasteiger partial charge in [-0.15, -0.1) is 0 Å². The van der Waals surface area contributed by atoms with Crippen LogP contribution in [0.25, 0.3) is 0 Å². The molecule has 0 bridgehead atoms. The van der Waals surface area contributed by atoms with E-state index in [-0.39, 0.29) is 22.6 Å². The lowest BCUT2D eigenvalue weighted by Gasteiger charge is -2.34. The largest absolute Gasteiger partial charge is 0.489 e. The molecule has 7 heteroatoms. The van der Waals surface area contributed by atoms with Crippen LogP contribution in [0.3, 0.4) is 0 Å². The molecular formula is C17H26N2O4S. The molecule has 1 N–H and O–H groups in total. The molecular weight excluding hydrogens is 328 g/mol. The van der Waals surface area contributed by atoms with Crippen LogP contribution in [-0.4, -0.2) is 50.3 Å². The molecule has 0 spiro atoms. The van der Waals surface area contributed by atoms with Gasteiger partial charge < -0.3 is 15.0 Å². The Kier molecular flexibility index (Phi) is 5.42. The highest BCUT2D eigenvalue weighted by Gasteiger charge is 2.27. The number of ether oxygens (including phenoxy) is 1. The molecule has 0 unspecified atom stereocenters. The van der Waals surface area contributed by atoms with Crippen molar-refractivity contribution in [2.75, 3.05) is 19.3 Å². The molecule has 2 rings (SSSR count). The number of carbonyl (C=O) groups excluding carboxylic acids is 1. The maximum atomic E-state index is 12.2. The highest BCUT2D eigenvalue weighted by atomic mass is 32.2. The Hall–Kier alpha value is -1.76. The van der Waals surface area contributed by atoms with Crippen molar-refractivity contribution in [3.8, 4) is 5.75 Å². The fourth-order valence-corrected chi connectivity index (χ4v) is 3.42. The number of nitrogens with one attached hydrogen (secondary N) is 1. The third-order valence-electron chi connectivity index (χ3n) is 3.75. The van der Waals surface area contributed by atoms with E-state index in [1.165, 1.54) is 6.26 Å². The van der Waals surface area contributed by atoms with E-state index < -0.39 is 9.84 Å². The van der Waals surface area contributed by atoms with Crippen molar-refractivity contribution in [1.82, 2.24) is 10.2 Å². The molecule has 1 heterocycles. The minimum atomic E-state index is -3.33. The Morgan fingerprint density at radius 3 is 2.33 bits per heavy atom. The highest BCUT2D eigenvalue weighted by Crippen LogP contribution is 2.26. The normalized spacial score (nSPS) is 16.8. The van der Waals surface area contributed by atoms with Crippen LogP contribution in [0.5, 0.6) is 5.75 Å². The Morgan fingerprint density at radius 2 is 1.79 bits per heavy atom. The van der Waals surface area contributed by atoms with Crippen molar-refractivity contribution in [2.45, 2.75) is 50.2 Å². The lowest BCUT2D eigenvalue weighted by atomic mass is 10.1. The van der Waals surface area contributed by atoms with E-state index in [1.807, 2.05) is 20.8 Å². The van der Waals surface area contributed by atoms with Gasteiger partial charge in [0, 0.05) is 37.7 Å². The first-order valence-electron chi connectivity index (χ1n) is 8.09. The molecule has 0 aromatic heterocycles. The van der Waals surface area contributed by atoms with Gasteiger partial charge in [-0.25, -0.2) is 13.2 Å². The van der Waals surface area contributed by atoms with Gasteiger partial charge in [0.05, 0.1) is 0 Å². The number of piperidine rings is 1. The van der Waals surface area contributed by atoms with Gasteiger partial charge in [-0.3, -0.25) is 0 Å². The molecule has 1 saturated heterocycles. The van der Waals surface area contributed by atoms with Gasteiger partial charge in [0.15, 0.2) is 9.84 Å². The van der Waals surface area contributed by atoms with Crippen LogP contribution < -0.4 is 10.1 Å². The first kappa shape index (κ1) is 18.6. The molecule has 0 aliphatic carbocycles. The summed E-state index contributed by atoms with van der Waals surface area (Å²) in [7, 11) is -3.33. The minimum absolute atomic E-state index is 0.0718. The number of sulfone groups is 1. The second-order valence-electron chi connectivity index (χ2n) is 7.20. The van der Waals surface area contributed by atoms with Gasteiger partial charge >= 0.3 is 6.03 Å². The van der Waals surface area contributed by atoms with Gasteiger partial charge in [-0.2, -0.15) is 0 Å². The third kappa shape index (κ3) is 5.12. The molecule has 1 fully saturated rings. The quantitative estimate of drug-likeness (QED) is 0.904. The van der Waals surface area contributed by atoms with Gasteiger partial charge in [0.25, 0.3) is 0 Å². The summed E-state index contributed by atoms with van der Waals surface area (Å²) < 4.78 is 29.6. The second kappa shape index (κ2) is 7.01. The lowest BCUT2D eigenvalue weighted by molar-refractivity contribution is 0.106. The molecule has 1 aliphatic heterocycles. The Balaban J connectivity index is 1.96. The van der Waals surface area contributed by atoms with E-state index in [4.69, 9.17) is 4.74 Å². The van der Waals surface area contributed by atoms with Gasteiger partial charge in [-0.05, 0) is 32.9 Å². The number of likely N-dealkylation sites (tertiary alicyclic amines) is 1. The molecule has 0 radical (unpaired) electrons. The highest BCUT2D eigenvalue weighted by molar-refractivity contribution is 7.90. The second-order valence-corrected chi connectivity index (χ2v) is 9.19. The molecule has 2 amide bonds. The van der Waals surface area contributed by atoms with E-state index in [2.05, 4.69) is 5.32 Å². The molecule has 0 saturated carbocycles. The number of para-hydroxylation sites is 1. The average Bonchev–Trinajstić information content (AvgIpc) is 2.45. The summed E-state index contributed by atoms with van der Waals surface area (Å²) in [6, 6.07) is 6.60. The van der Waals surface area contributed by atoms with E-state index in [1.54, 1.807) is 29.2 Å². The first-order valence-corrected chi connectivity index (χ1v) is 9.98. The SMILES string of the molecule is CC(C)(C)NC(=O)N1CCC(Oc2ccccc2S(C)(=O)=O)CC1. The average molecular weight is 354 g/mol. The van der Waals surface area contributed by atoms with Gasteiger partial charge in [0.2, 0.25) is 0 Å². The van der Waals surface area contributed by atoms with Crippen LogP contribution in [0.15, 0.2) is 29.2 Å². The summed E-state index contributed by atoms with van der Waals surface area (Å²) in [5.74, 6) is 0.387. The van der Waals surface area contributed by atoms with Crippen LogP contribution in [0.4, 0.5) is 4.79 Å². The summed E-state index contributed by atoms with van der Waals surface area (Å²) in [4.78, 5) is 14.1. The number of rotatable bonds is 3. The van der Waals surface area contributed by atoms with Crippen molar-refractivity contribution in [3.63, 3.8) is 0 Å². The molecule has 1 aromatic carbocycles. The van der Waals surface area contributed by atoms with E-state index in [0.717, 1.165) is 0 Å². The summed E-state index contributed by atoms with van der Waals surface area (Å²) in [6.45, 7) is 7.02. The fraction of sp³-hybridized carbons (Fsp3) is 0.588. The van der Waals surface area contributed by atoms with Gasteiger partial charge in [0.1, 0.15) is 16.7 Å². The van der Waals surface area contributed by atoms with E-state index in [9.17, 15) is 13.2 Å². The summed E-state index contributed by atoms with van der Waals surface area (Å²) >= 11 is 0. The minimum Gasteiger partial charge on any atom is -0.489 e. The maximum absolute atomic E-state index is 12.2. The standard InChI is InChI=1S/C17H26N2O4S/c1-17(2,3)18-16(20)19-11-9-13(10-12-19)23-14-7-5-6-8-15(14)24(4,21)22/h5-8,13H,9-12H2,1-4H3,(H,18,20). The third-order valence-corrected chi connectivity index (χ3v) is 4.89. The van der Waals surface area contributed by atoms with Crippen LogP contribution in [0.2, 0.25) is 0 Å². The Bertz CT molecular complexity index is 687. The van der Waals surface area contributed by atoms with Crippen molar-refractivity contribution < 1.29 is 17.9 Å². The fourth-order valence-electron chi connectivity index (χ4n) is 2.61.